The van der Waals surface area contributed by atoms with Crippen LogP contribution in [0.25, 0.3) is 10.4 Å². The number of primary amides is 1. The molecule has 0 radical (unpaired) electrons. The van der Waals surface area contributed by atoms with E-state index < -0.39 is 23.9 Å². The molecular formula is C22H26F3N3OS. The van der Waals surface area contributed by atoms with Gasteiger partial charge in [-0.25, -0.2) is 18.2 Å². The summed E-state index contributed by atoms with van der Waals surface area (Å²) < 4.78 is 40.8. The fourth-order valence-corrected chi connectivity index (χ4v) is 5.57. The molecule has 1 aromatic carbocycles. The van der Waals surface area contributed by atoms with Gasteiger partial charge in [-0.15, -0.1) is 11.3 Å². The Kier molecular flexibility index (Phi) is 5.79. The summed E-state index contributed by atoms with van der Waals surface area (Å²) >= 11 is 1.55. The minimum Gasteiger partial charge on any atom is -0.371 e. The number of benzene rings is 1. The molecule has 4 nitrogen and oxygen atoms in total. The van der Waals surface area contributed by atoms with Crippen molar-refractivity contribution in [1.29, 1.82) is 0 Å². The second-order valence-electron chi connectivity index (χ2n) is 8.36. The second kappa shape index (κ2) is 8.21. The number of hydrogen-bond acceptors (Lipinski definition) is 4. The minimum atomic E-state index is -2.57. The molecule has 0 unspecified atom stereocenters. The van der Waals surface area contributed by atoms with Crippen LogP contribution in [0.15, 0.2) is 24.3 Å². The third-order valence-electron chi connectivity index (χ3n) is 6.25. The van der Waals surface area contributed by atoms with Crippen molar-refractivity contribution in [2.45, 2.75) is 57.0 Å². The molecule has 1 amide bonds. The van der Waals surface area contributed by atoms with Gasteiger partial charge in [0.25, 0.3) is 5.92 Å². The maximum Gasteiger partial charge on any atom is 0.251 e. The molecule has 2 fully saturated rings. The Balaban J connectivity index is 1.59. The molecule has 2 aromatic rings. The fourth-order valence-electron chi connectivity index (χ4n) is 4.58. The van der Waals surface area contributed by atoms with Gasteiger partial charge in [0.15, 0.2) is 0 Å². The Labute approximate surface area is 178 Å². The lowest BCUT2D eigenvalue weighted by atomic mass is 9.75. The molecule has 2 N–H and O–H groups in total. The molecule has 1 aliphatic heterocycles. The van der Waals surface area contributed by atoms with Crippen LogP contribution < -0.4 is 10.6 Å². The van der Waals surface area contributed by atoms with Crippen molar-refractivity contribution in [2.24, 2.45) is 11.7 Å². The zero-order valence-electron chi connectivity index (χ0n) is 16.9. The van der Waals surface area contributed by atoms with Gasteiger partial charge in [-0.1, -0.05) is 12.1 Å². The van der Waals surface area contributed by atoms with Crippen LogP contribution in [0.3, 0.4) is 0 Å². The number of nitrogens with zero attached hydrogens (tertiary/aromatic N) is 2. The van der Waals surface area contributed by atoms with Gasteiger partial charge < -0.3 is 10.6 Å². The van der Waals surface area contributed by atoms with Gasteiger partial charge in [0.2, 0.25) is 5.91 Å². The van der Waals surface area contributed by atoms with Crippen molar-refractivity contribution in [3.63, 3.8) is 0 Å². The molecule has 0 spiro atoms. The molecule has 2 heterocycles. The van der Waals surface area contributed by atoms with Crippen LogP contribution in [0.5, 0.6) is 0 Å². The first kappa shape index (κ1) is 21.2. The van der Waals surface area contributed by atoms with Crippen molar-refractivity contribution in [1.82, 2.24) is 4.98 Å². The van der Waals surface area contributed by atoms with E-state index in [2.05, 4.69) is 0 Å². The Bertz CT molecular complexity index is 905. The first-order chi connectivity index (χ1) is 14.2. The predicted molar refractivity (Wildman–Crippen MR) is 113 cm³/mol. The van der Waals surface area contributed by atoms with E-state index in [1.807, 2.05) is 36.1 Å². The summed E-state index contributed by atoms with van der Waals surface area (Å²) in [5.74, 6) is -3.78. The lowest BCUT2D eigenvalue weighted by Gasteiger charge is -2.33. The Hall–Kier alpha value is -2.09. The van der Waals surface area contributed by atoms with E-state index in [0.29, 0.717) is 25.9 Å². The highest BCUT2D eigenvalue weighted by Crippen LogP contribution is 2.44. The molecule has 0 bridgehead atoms. The smallest absolute Gasteiger partial charge is 0.251 e. The summed E-state index contributed by atoms with van der Waals surface area (Å²) in [6.45, 7) is 2.59. The number of carbonyl (C=O) groups excluding carboxylic acids is 1. The van der Waals surface area contributed by atoms with Crippen LogP contribution >= 0.6 is 11.3 Å². The van der Waals surface area contributed by atoms with Crippen molar-refractivity contribution in [3.8, 4) is 10.4 Å². The normalized spacial score (nSPS) is 26.5. The van der Waals surface area contributed by atoms with Crippen LogP contribution in [0.4, 0.5) is 18.9 Å². The highest BCUT2D eigenvalue weighted by Gasteiger charge is 2.38. The minimum absolute atomic E-state index is 0.126. The summed E-state index contributed by atoms with van der Waals surface area (Å²) in [5, 5.41) is 0.882. The number of anilines is 1. The topological polar surface area (TPSA) is 59.2 Å². The van der Waals surface area contributed by atoms with Gasteiger partial charge in [-0.3, -0.25) is 4.79 Å². The molecule has 4 rings (SSSR count). The number of aromatic nitrogens is 1. The standard InChI is InChI=1S/C22H26F3N3OS/c1-13-27-19(17-7-4-15(23)12-18(17)21(26)29)20(30-13)14-2-5-16(6-3-14)28-10-8-22(24,25)9-11-28/h2-3,5-6,15,17-18H,4,7-12H2,1H3,(H2,26,29)/t15-,17+,18+/m0/s1. The van der Waals surface area contributed by atoms with Crippen LogP contribution in [0.1, 0.15) is 48.7 Å². The number of rotatable bonds is 4. The summed E-state index contributed by atoms with van der Waals surface area (Å²) in [6, 6.07) is 7.83. The highest BCUT2D eigenvalue weighted by molar-refractivity contribution is 7.15. The van der Waals surface area contributed by atoms with E-state index in [9.17, 15) is 18.0 Å². The number of carbonyl (C=O) groups is 1. The summed E-state index contributed by atoms with van der Waals surface area (Å²) in [6.07, 6.45) is -0.155. The van der Waals surface area contributed by atoms with E-state index in [1.165, 1.54) is 0 Å². The molecule has 1 saturated heterocycles. The van der Waals surface area contributed by atoms with Crippen LogP contribution in [-0.4, -0.2) is 36.1 Å². The van der Waals surface area contributed by atoms with E-state index in [0.717, 1.165) is 26.8 Å². The Morgan fingerprint density at radius 3 is 2.50 bits per heavy atom. The zero-order chi connectivity index (χ0) is 21.5. The third kappa shape index (κ3) is 4.33. The molecule has 162 valence electrons. The summed E-state index contributed by atoms with van der Waals surface area (Å²) in [5.41, 5.74) is 8.29. The maximum atomic E-state index is 13.9. The predicted octanol–water partition coefficient (Wildman–Crippen LogP) is 5.06. The first-order valence-corrected chi connectivity index (χ1v) is 11.2. The molecule has 8 heteroatoms. The first-order valence-electron chi connectivity index (χ1n) is 10.4. The Morgan fingerprint density at radius 2 is 1.87 bits per heavy atom. The number of amides is 1. The molecule has 1 saturated carbocycles. The zero-order valence-corrected chi connectivity index (χ0v) is 17.7. The van der Waals surface area contributed by atoms with E-state index in [1.54, 1.807) is 11.3 Å². The molecular weight excluding hydrogens is 411 g/mol. The van der Waals surface area contributed by atoms with Gasteiger partial charge in [0.1, 0.15) is 6.17 Å². The number of halogens is 3. The number of nitrogens with two attached hydrogens (primary N) is 1. The lowest BCUT2D eigenvalue weighted by Crippen LogP contribution is -2.39. The summed E-state index contributed by atoms with van der Waals surface area (Å²) in [4.78, 5) is 19.6. The lowest BCUT2D eigenvalue weighted by molar-refractivity contribution is -0.124. The van der Waals surface area contributed by atoms with E-state index in [-0.39, 0.29) is 25.2 Å². The van der Waals surface area contributed by atoms with E-state index in [4.69, 9.17) is 10.7 Å². The van der Waals surface area contributed by atoms with Gasteiger partial charge in [-0.2, -0.15) is 0 Å². The number of piperidine rings is 1. The SMILES string of the molecule is Cc1nc([C@@H]2CC[C@H](F)C[C@H]2C(N)=O)c(-c2ccc(N3CCC(F)(F)CC3)cc2)s1. The monoisotopic (exact) mass is 437 g/mol. The third-order valence-corrected chi connectivity index (χ3v) is 7.29. The van der Waals surface area contributed by atoms with E-state index >= 15 is 0 Å². The van der Waals surface area contributed by atoms with Gasteiger partial charge >= 0.3 is 0 Å². The number of alkyl halides is 3. The van der Waals surface area contributed by atoms with Gasteiger partial charge in [0.05, 0.1) is 15.6 Å². The van der Waals surface area contributed by atoms with Crippen LogP contribution in [0.2, 0.25) is 0 Å². The van der Waals surface area contributed by atoms with Gasteiger partial charge in [0, 0.05) is 43.5 Å². The fraction of sp³-hybridized carbons (Fsp3) is 0.545. The van der Waals surface area contributed by atoms with Gasteiger partial charge in [-0.05, 0) is 43.9 Å². The van der Waals surface area contributed by atoms with Crippen LogP contribution in [-0.2, 0) is 4.79 Å². The van der Waals surface area contributed by atoms with Crippen molar-refractivity contribution < 1.29 is 18.0 Å². The molecule has 1 aliphatic carbocycles. The number of hydrogen-bond donors (Lipinski definition) is 1. The quantitative estimate of drug-likeness (QED) is 0.727. The largest absolute Gasteiger partial charge is 0.371 e. The van der Waals surface area contributed by atoms with Crippen molar-refractivity contribution in [3.05, 3.63) is 35.0 Å². The number of thiazole rings is 1. The van der Waals surface area contributed by atoms with Crippen LogP contribution in [0, 0.1) is 12.8 Å². The Morgan fingerprint density at radius 1 is 1.20 bits per heavy atom. The summed E-state index contributed by atoms with van der Waals surface area (Å²) in [7, 11) is 0. The van der Waals surface area contributed by atoms with Crippen molar-refractivity contribution in [2.75, 3.05) is 18.0 Å². The average Bonchev–Trinajstić information content (AvgIpc) is 3.09. The highest BCUT2D eigenvalue weighted by atomic mass is 32.1. The molecule has 1 aromatic heterocycles. The molecule has 2 aliphatic rings. The maximum absolute atomic E-state index is 13.9. The van der Waals surface area contributed by atoms with Crippen molar-refractivity contribution >= 4 is 22.9 Å². The number of aryl methyl sites for hydroxylation is 1. The second-order valence-corrected chi connectivity index (χ2v) is 9.57. The average molecular weight is 438 g/mol. The molecule has 30 heavy (non-hydrogen) atoms. The molecule has 3 atom stereocenters.